The normalized spacial score (nSPS) is 10.2. The quantitative estimate of drug-likeness (QED) is 0.849. The smallest absolute Gasteiger partial charge is 0.355 e. The van der Waals surface area contributed by atoms with E-state index >= 15 is 0 Å². The number of rotatable bonds is 4. The van der Waals surface area contributed by atoms with Gasteiger partial charge in [-0.3, -0.25) is 0 Å². The van der Waals surface area contributed by atoms with Crippen LogP contribution >= 0.6 is 15.9 Å². The lowest BCUT2D eigenvalue weighted by molar-refractivity contribution is 0.0521. The van der Waals surface area contributed by atoms with Gasteiger partial charge in [-0.2, -0.15) is 5.26 Å². The molecule has 2 aromatic rings. The molecular formula is C16H15BrN2O2. The molecule has 0 bridgehead atoms. The highest BCUT2D eigenvalue weighted by atomic mass is 79.9. The second-order valence-corrected chi connectivity index (χ2v) is 5.34. The molecule has 108 valence electrons. The van der Waals surface area contributed by atoms with E-state index in [4.69, 9.17) is 4.74 Å². The lowest BCUT2D eigenvalue weighted by Gasteiger charge is -2.05. The molecule has 0 spiro atoms. The monoisotopic (exact) mass is 346 g/mol. The molecule has 1 aromatic carbocycles. The number of carbonyl (C=O) groups excluding carboxylic acids is 1. The summed E-state index contributed by atoms with van der Waals surface area (Å²) in [6.07, 6.45) is 0.645. The van der Waals surface area contributed by atoms with Crippen LogP contribution in [-0.2, 0) is 11.2 Å². The minimum atomic E-state index is -0.438. The van der Waals surface area contributed by atoms with Gasteiger partial charge in [0.2, 0.25) is 0 Å². The van der Waals surface area contributed by atoms with Gasteiger partial charge in [0.15, 0.2) is 0 Å². The molecule has 0 aliphatic rings. The lowest BCUT2D eigenvalue weighted by Crippen LogP contribution is -2.06. The van der Waals surface area contributed by atoms with Crippen LogP contribution < -0.4 is 0 Å². The van der Waals surface area contributed by atoms with Crippen LogP contribution in [-0.4, -0.2) is 17.6 Å². The molecule has 21 heavy (non-hydrogen) atoms. The second kappa shape index (κ2) is 6.59. The zero-order chi connectivity index (χ0) is 15.4. The van der Waals surface area contributed by atoms with Crippen LogP contribution in [0.5, 0.6) is 0 Å². The van der Waals surface area contributed by atoms with Gasteiger partial charge >= 0.3 is 5.97 Å². The Morgan fingerprint density at radius 3 is 2.52 bits per heavy atom. The fourth-order valence-corrected chi connectivity index (χ4v) is 2.47. The third-order valence-electron chi connectivity index (χ3n) is 3.16. The van der Waals surface area contributed by atoms with Gasteiger partial charge in [0, 0.05) is 15.7 Å². The summed E-state index contributed by atoms with van der Waals surface area (Å²) in [5, 5.41) is 9.44. The third kappa shape index (κ3) is 3.01. The molecule has 1 aromatic heterocycles. The van der Waals surface area contributed by atoms with Crippen molar-refractivity contribution in [1.82, 2.24) is 4.98 Å². The van der Waals surface area contributed by atoms with Crippen molar-refractivity contribution >= 4 is 21.9 Å². The Bertz CT molecular complexity index is 696. The number of hydrogen-bond acceptors (Lipinski definition) is 3. The van der Waals surface area contributed by atoms with Crippen LogP contribution in [0.25, 0.3) is 11.1 Å². The summed E-state index contributed by atoms with van der Waals surface area (Å²) in [4.78, 5) is 15.2. The zero-order valence-electron chi connectivity index (χ0n) is 11.9. The first-order valence-electron chi connectivity index (χ1n) is 6.70. The summed E-state index contributed by atoms with van der Waals surface area (Å²) < 4.78 is 6.02. The van der Waals surface area contributed by atoms with Crippen LogP contribution in [0.3, 0.4) is 0 Å². The maximum Gasteiger partial charge on any atom is 0.355 e. The molecule has 0 saturated heterocycles. The van der Waals surface area contributed by atoms with Crippen LogP contribution in [0.4, 0.5) is 0 Å². The Balaban J connectivity index is 2.66. The molecule has 5 heteroatoms. The van der Waals surface area contributed by atoms with Crippen molar-refractivity contribution in [2.45, 2.75) is 20.3 Å². The van der Waals surface area contributed by atoms with E-state index in [1.165, 1.54) is 0 Å². The first-order valence-corrected chi connectivity index (χ1v) is 7.49. The Labute approximate surface area is 131 Å². The Kier molecular flexibility index (Phi) is 4.81. The zero-order valence-corrected chi connectivity index (χ0v) is 13.5. The molecule has 0 atom stereocenters. The van der Waals surface area contributed by atoms with Gasteiger partial charge in [0.05, 0.1) is 12.2 Å². The first kappa shape index (κ1) is 15.3. The van der Waals surface area contributed by atoms with Crippen molar-refractivity contribution in [1.29, 1.82) is 5.26 Å². The van der Waals surface area contributed by atoms with Gasteiger partial charge in [0.1, 0.15) is 11.8 Å². The van der Waals surface area contributed by atoms with E-state index in [1.54, 1.807) is 6.92 Å². The van der Waals surface area contributed by atoms with Crippen molar-refractivity contribution in [2.75, 3.05) is 6.61 Å². The van der Waals surface area contributed by atoms with E-state index in [0.717, 1.165) is 15.7 Å². The number of carbonyl (C=O) groups is 1. The largest absolute Gasteiger partial charge is 0.461 e. The number of nitrogens with one attached hydrogen (secondary N) is 1. The van der Waals surface area contributed by atoms with Crippen LogP contribution in [0.2, 0.25) is 0 Å². The maximum atomic E-state index is 12.1. The minimum Gasteiger partial charge on any atom is -0.461 e. The van der Waals surface area contributed by atoms with Gasteiger partial charge in [-0.05, 0) is 31.0 Å². The van der Waals surface area contributed by atoms with Crippen LogP contribution in [0, 0.1) is 11.3 Å². The standard InChI is InChI=1S/C16H15BrN2O2/c1-3-13-12(9-18)14(10-5-7-11(17)8-6-10)15(19-13)16(20)21-4-2/h5-8,19H,3-4H2,1-2H3. The van der Waals surface area contributed by atoms with E-state index in [1.807, 2.05) is 31.2 Å². The second-order valence-electron chi connectivity index (χ2n) is 4.42. The number of aryl methyl sites for hydroxylation is 1. The van der Waals surface area contributed by atoms with Crippen molar-refractivity contribution in [3.05, 3.63) is 45.7 Å². The highest BCUT2D eigenvalue weighted by Crippen LogP contribution is 2.31. The fourth-order valence-electron chi connectivity index (χ4n) is 2.20. The number of hydrogen-bond donors (Lipinski definition) is 1. The molecule has 0 saturated carbocycles. The molecule has 2 rings (SSSR count). The van der Waals surface area contributed by atoms with Gasteiger partial charge in [0.25, 0.3) is 0 Å². The summed E-state index contributed by atoms with van der Waals surface area (Å²) in [5.74, 6) is -0.438. The SMILES string of the molecule is CCOC(=O)c1[nH]c(CC)c(C#N)c1-c1ccc(Br)cc1. The topological polar surface area (TPSA) is 65.9 Å². The number of halogens is 1. The van der Waals surface area contributed by atoms with Crippen LogP contribution in [0.15, 0.2) is 28.7 Å². The third-order valence-corrected chi connectivity index (χ3v) is 3.68. The molecule has 1 heterocycles. The van der Waals surface area contributed by atoms with Crippen molar-refractivity contribution in [3.63, 3.8) is 0 Å². The Hall–Kier alpha value is -2.06. The van der Waals surface area contributed by atoms with Gasteiger partial charge in [-0.1, -0.05) is 35.0 Å². The lowest BCUT2D eigenvalue weighted by atomic mass is 10.00. The molecule has 0 unspecified atom stereocenters. The number of H-pyrrole nitrogens is 1. The molecule has 0 aliphatic carbocycles. The highest BCUT2D eigenvalue weighted by Gasteiger charge is 2.23. The summed E-state index contributed by atoms with van der Waals surface area (Å²) >= 11 is 3.38. The van der Waals surface area contributed by atoms with Crippen molar-refractivity contribution < 1.29 is 9.53 Å². The molecule has 0 aliphatic heterocycles. The number of ether oxygens (including phenoxy) is 1. The number of aromatic amines is 1. The number of aromatic nitrogens is 1. The predicted molar refractivity (Wildman–Crippen MR) is 84.0 cm³/mol. The summed E-state index contributed by atoms with van der Waals surface area (Å²) in [7, 11) is 0. The van der Waals surface area contributed by atoms with E-state index in [-0.39, 0.29) is 0 Å². The summed E-state index contributed by atoms with van der Waals surface area (Å²) in [5.41, 5.74) is 3.02. The van der Waals surface area contributed by atoms with Crippen molar-refractivity contribution in [2.24, 2.45) is 0 Å². The predicted octanol–water partition coefficient (Wildman–Crippen LogP) is 4.05. The number of nitriles is 1. The van der Waals surface area contributed by atoms with Crippen molar-refractivity contribution in [3.8, 4) is 17.2 Å². The molecule has 0 amide bonds. The van der Waals surface area contributed by atoms with Crippen LogP contribution in [0.1, 0.15) is 35.6 Å². The molecule has 0 radical (unpaired) electrons. The van der Waals surface area contributed by atoms with Gasteiger partial charge < -0.3 is 9.72 Å². The van der Waals surface area contributed by atoms with E-state index < -0.39 is 5.97 Å². The fraction of sp³-hybridized carbons (Fsp3) is 0.250. The molecule has 1 N–H and O–H groups in total. The molecular weight excluding hydrogens is 332 g/mol. The minimum absolute atomic E-state index is 0.293. The average Bonchev–Trinajstić information content (AvgIpc) is 2.87. The maximum absolute atomic E-state index is 12.1. The summed E-state index contributed by atoms with van der Waals surface area (Å²) in [6, 6.07) is 9.70. The number of nitrogens with zero attached hydrogens (tertiary/aromatic N) is 1. The Morgan fingerprint density at radius 2 is 2.00 bits per heavy atom. The van der Waals surface area contributed by atoms with Gasteiger partial charge in [-0.25, -0.2) is 4.79 Å². The molecule has 0 fully saturated rings. The van der Waals surface area contributed by atoms with E-state index in [0.29, 0.717) is 29.8 Å². The highest BCUT2D eigenvalue weighted by molar-refractivity contribution is 9.10. The molecule has 4 nitrogen and oxygen atoms in total. The van der Waals surface area contributed by atoms with E-state index in [9.17, 15) is 10.1 Å². The number of esters is 1. The first-order chi connectivity index (χ1) is 10.1. The summed E-state index contributed by atoms with van der Waals surface area (Å²) in [6.45, 7) is 3.99. The number of benzene rings is 1. The average molecular weight is 347 g/mol. The van der Waals surface area contributed by atoms with Gasteiger partial charge in [-0.15, -0.1) is 0 Å². The van der Waals surface area contributed by atoms with E-state index in [2.05, 4.69) is 27.0 Å². The Morgan fingerprint density at radius 1 is 1.33 bits per heavy atom.